The van der Waals surface area contributed by atoms with Crippen LogP contribution in [0.1, 0.15) is 51.9 Å². The summed E-state index contributed by atoms with van der Waals surface area (Å²) in [6.07, 6.45) is 6.10. The average Bonchev–Trinajstić information content (AvgIpc) is 3.56. The molecule has 1 saturated heterocycles. The summed E-state index contributed by atoms with van der Waals surface area (Å²) in [7, 11) is -0.321. The van der Waals surface area contributed by atoms with Crippen LogP contribution in [0.25, 0.3) is 0 Å². The van der Waals surface area contributed by atoms with Gasteiger partial charge < -0.3 is 18.9 Å². The number of hydrogen-bond donors (Lipinski definition) is 1. The topological polar surface area (TPSA) is 89.6 Å². The zero-order valence-electron chi connectivity index (χ0n) is 21.0. The lowest BCUT2D eigenvalue weighted by molar-refractivity contribution is -0.124. The number of ether oxygens (including phenoxy) is 2. The predicted molar refractivity (Wildman–Crippen MR) is 127 cm³/mol. The second kappa shape index (κ2) is 7.84. The Kier molecular flexibility index (Phi) is 5.90. The Morgan fingerprint density at radius 2 is 1.76 bits per heavy atom. The highest BCUT2D eigenvalue weighted by Crippen LogP contribution is 2.62. The van der Waals surface area contributed by atoms with Crippen molar-refractivity contribution < 1.29 is 27.7 Å². The van der Waals surface area contributed by atoms with E-state index in [1.165, 1.54) is 0 Å². The Bertz CT molecular complexity index is 887. The van der Waals surface area contributed by atoms with Crippen molar-refractivity contribution in [3.8, 4) is 0 Å². The SMILES string of the molecule is CCC1(OC2(CNP(=O)(O[C@@H]3CC34CN(C)CC3(CC3)O4)N(C)C)C[C@H]2OP(C)(C)=O)CC1. The van der Waals surface area contributed by atoms with E-state index >= 15 is 0 Å². The summed E-state index contributed by atoms with van der Waals surface area (Å²) in [4.78, 5) is 2.32. The van der Waals surface area contributed by atoms with Crippen molar-refractivity contribution in [3.63, 3.8) is 0 Å². The zero-order chi connectivity index (χ0) is 23.9. The van der Waals surface area contributed by atoms with Crippen LogP contribution in [-0.4, -0.2) is 98.3 Å². The lowest BCUT2D eigenvalue weighted by Gasteiger charge is -2.38. The van der Waals surface area contributed by atoms with Gasteiger partial charge in [-0.05, 0) is 53.2 Å². The number of rotatable bonds is 11. The van der Waals surface area contributed by atoms with Crippen LogP contribution in [0.4, 0.5) is 0 Å². The van der Waals surface area contributed by atoms with Crippen LogP contribution in [-0.2, 0) is 27.7 Å². The van der Waals surface area contributed by atoms with Gasteiger partial charge in [0.05, 0.1) is 17.3 Å². The van der Waals surface area contributed by atoms with E-state index in [1.54, 1.807) is 32.1 Å². The minimum atomic E-state index is -3.33. The number of likely N-dealkylation sites (N-methyl/N-ethyl adjacent to an activating group) is 1. The molecule has 0 aromatic carbocycles. The lowest BCUT2D eigenvalue weighted by Crippen LogP contribution is -2.50. The third kappa shape index (κ3) is 5.05. The van der Waals surface area contributed by atoms with Gasteiger partial charge in [0.1, 0.15) is 17.3 Å². The van der Waals surface area contributed by atoms with Crippen LogP contribution in [0, 0.1) is 0 Å². The Hall–Kier alpha value is 0.180. The molecule has 5 atom stereocenters. The Labute approximate surface area is 198 Å². The maximum absolute atomic E-state index is 13.9. The first-order valence-electron chi connectivity index (χ1n) is 12.3. The van der Waals surface area contributed by atoms with Gasteiger partial charge in [-0.1, -0.05) is 6.92 Å². The molecule has 0 radical (unpaired) electrons. The van der Waals surface area contributed by atoms with Crippen molar-refractivity contribution in [2.45, 2.75) is 86.5 Å². The minimum absolute atomic E-state index is 0.0237. The molecule has 1 aliphatic heterocycles. The van der Waals surface area contributed by atoms with Crippen LogP contribution >= 0.6 is 15.0 Å². The summed E-state index contributed by atoms with van der Waals surface area (Å²) in [5.41, 5.74) is -1.13. The van der Waals surface area contributed by atoms with Gasteiger partial charge >= 0.3 is 7.67 Å². The van der Waals surface area contributed by atoms with Gasteiger partial charge in [0.2, 0.25) is 0 Å². The van der Waals surface area contributed by atoms with Crippen LogP contribution in [0.2, 0.25) is 0 Å². The van der Waals surface area contributed by atoms with E-state index in [0.717, 1.165) is 51.6 Å². The largest absolute Gasteiger partial charge is 0.364 e. The number of nitrogens with one attached hydrogen (secondary N) is 1. The normalized spacial score (nSPS) is 40.2. The second-order valence-electron chi connectivity index (χ2n) is 11.8. The van der Waals surface area contributed by atoms with Crippen LogP contribution < -0.4 is 5.09 Å². The number of morpholine rings is 1. The maximum Gasteiger partial charge on any atom is 0.343 e. The average molecular weight is 506 g/mol. The summed E-state index contributed by atoms with van der Waals surface area (Å²) < 4.78 is 53.1. The summed E-state index contributed by atoms with van der Waals surface area (Å²) in [6.45, 7) is 7.49. The summed E-state index contributed by atoms with van der Waals surface area (Å²) >= 11 is 0. The van der Waals surface area contributed by atoms with Crippen molar-refractivity contribution in [2.75, 3.05) is 54.1 Å². The van der Waals surface area contributed by atoms with Crippen LogP contribution in [0.3, 0.4) is 0 Å². The first kappa shape index (κ1) is 24.9. The third-order valence-electron chi connectivity index (χ3n) is 7.87. The van der Waals surface area contributed by atoms with Crippen molar-refractivity contribution in [1.29, 1.82) is 0 Å². The molecule has 190 valence electrons. The smallest absolute Gasteiger partial charge is 0.343 e. The van der Waals surface area contributed by atoms with Gasteiger partial charge in [0, 0.05) is 45.8 Å². The molecule has 33 heavy (non-hydrogen) atoms. The van der Waals surface area contributed by atoms with Gasteiger partial charge in [0.15, 0.2) is 7.37 Å². The van der Waals surface area contributed by atoms with Gasteiger partial charge in [0.25, 0.3) is 0 Å². The van der Waals surface area contributed by atoms with Crippen LogP contribution in [0.5, 0.6) is 0 Å². The Balaban J connectivity index is 1.25. The van der Waals surface area contributed by atoms with Crippen molar-refractivity contribution in [1.82, 2.24) is 14.7 Å². The number of hydrogen-bond acceptors (Lipinski definition) is 7. The van der Waals surface area contributed by atoms with Crippen molar-refractivity contribution >= 4 is 15.0 Å². The summed E-state index contributed by atoms with van der Waals surface area (Å²) in [6, 6.07) is 0. The molecule has 11 heteroatoms. The lowest BCUT2D eigenvalue weighted by atomic mass is 10.2. The zero-order valence-corrected chi connectivity index (χ0v) is 22.8. The molecule has 1 heterocycles. The molecule has 0 aromatic heterocycles. The Morgan fingerprint density at radius 1 is 1.06 bits per heavy atom. The van der Waals surface area contributed by atoms with E-state index in [0.29, 0.717) is 13.0 Å². The van der Waals surface area contributed by atoms with Gasteiger partial charge in [-0.2, -0.15) is 0 Å². The molecule has 0 amide bonds. The minimum Gasteiger partial charge on any atom is -0.364 e. The second-order valence-corrected chi connectivity index (χ2v) is 16.9. The van der Waals surface area contributed by atoms with Crippen molar-refractivity contribution in [3.05, 3.63) is 0 Å². The molecule has 5 aliphatic rings. The maximum atomic E-state index is 13.9. The molecular formula is C22H41N3O6P2. The molecule has 5 fully saturated rings. The molecule has 1 N–H and O–H groups in total. The van der Waals surface area contributed by atoms with E-state index in [4.69, 9.17) is 18.5 Å². The fourth-order valence-electron chi connectivity index (χ4n) is 5.36. The summed E-state index contributed by atoms with van der Waals surface area (Å²) in [5, 5.41) is 3.22. The molecule has 4 aliphatic carbocycles. The summed E-state index contributed by atoms with van der Waals surface area (Å²) in [5.74, 6) is 0. The molecule has 5 rings (SSSR count). The van der Waals surface area contributed by atoms with E-state index in [2.05, 4.69) is 24.0 Å². The Morgan fingerprint density at radius 3 is 2.30 bits per heavy atom. The van der Waals surface area contributed by atoms with E-state index in [9.17, 15) is 9.13 Å². The van der Waals surface area contributed by atoms with Crippen molar-refractivity contribution in [2.24, 2.45) is 0 Å². The van der Waals surface area contributed by atoms with Crippen LogP contribution in [0.15, 0.2) is 0 Å². The molecule has 3 unspecified atom stereocenters. The first-order valence-corrected chi connectivity index (χ1v) is 16.4. The number of nitrogens with zero attached hydrogens (tertiary/aromatic N) is 2. The fraction of sp³-hybridized carbons (Fsp3) is 1.00. The molecule has 4 saturated carbocycles. The quantitative estimate of drug-likeness (QED) is 0.425. The highest BCUT2D eigenvalue weighted by Gasteiger charge is 2.68. The standard InChI is InChI=1S/C22H41N3O6P2/c1-7-19(8-9-19)30-21(12-17(21)28-32(5,6)26)14-23-33(27,24(2)3)29-18-13-22(18)16-25(4)15-20(31-22)10-11-20/h17-18H,7-16H2,1-6H3,(H,23,27)/t17-,18-,21?,22?,33?/m1/s1. The van der Waals surface area contributed by atoms with Gasteiger partial charge in [-0.15, -0.1) is 0 Å². The first-order chi connectivity index (χ1) is 15.3. The fourth-order valence-corrected chi connectivity index (χ4v) is 7.87. The highest BCUT2D eigenvalue weighted by molar-refractivity contribution is 7.57. The predicted octanol–water partition coefficient (Wildman–Crippen LogP) is 3.29. The van der Waals surface area contributed by atoms with Gasteiger partial charge in [-0.25, -0.2) is 9.76 Å². The molecule has 2 spiro atoms. The third-order valence-corrected chi connectivity index (χ3v) is 10.8. The molecule has 0 aromatic rings. The van der Waals surface area contributed by atoms with Gasteiger partial charge in [-0.3, -0.25) is 13.7 Å². The van der Waals surface area contributed by atoms with E-state index in [-0.39, 0.29) is 29.0 Å². The molecular weight excluding hydrogens is 464 g/mol. The molecule has 9 nitrogen and oxygen atoms in total. The monoisotopic (exact) mass is 505 g/mol. The van der Waals surface area contributed by atoms with E-state index < -0.39 is 20.6 Å². The van der Waals surface area contributed by atoms with E-state index in [1.807, 2.05) is 0 Å². The highest BCUT2D eigenvalue weighted by atomic mass is 31.2. The molecule has 0 bridgehead atoms.